The third-order valence-corrected chi connectivity index (χ3v) is 4.02. The van der Waals surface area contributed by atoms with Crippen molar-refractivity contribution in [2.45, 2.75) is 31.8 Å². The van der Waals surface area contributed by atoms with Crippen LogP contribution in [-0.2, 0) is 0 Å². The lowest BCUT2D eigenvalue weighted by Gasteiger charge is -2.22. The van der Waals surface area contributed by atoms with Gasteiger partial charge < -0.3 is 10.6 Å². The van der Waals surface area contributed by atoms with Gasteiger partial charge in [-0.05, 0) is 44.0 Å². The molecule has 6 heteroatoms. The van der Waals surface area contributed by atoms with Crippen LogP contribution in [-0.4, -0.2) is 33.8 Å². The van der Waals surface area contributed by atoms with Crippen LogP contribution in [0.4, 0.5) is 0 Å². The first-order valence-corrected chi connectivity index (χ1v) is 7.70. The maximum Gasteiger partial charge on any atom is 0.272 e. The number of nitrogens with one attached hydrogen (secondary N) is 2. The average molecular weight is 299 g/mol. The molecule has 3 rings (SSSR count). The van der Waals surface area contributed by atoms with E-state index in [2.05, 4.69) is 20.7 Å². The van der Waals surface area contributed by atoms with Crippen molar-refractivity contribution >= 4 is 5.91 Å². The molecule has 0 aliphatic carbocycles. The van der Waals surface area contributed by atoms with Gasteiger partial charge in [0.15, 0.2) is 0 Å². The summed E-state index contributed by atoms with van der Waals surface area (Å²) in [5.74, 6) is -0.154. The zero-order valence-electron chi connectivity index (χ0n) is 12.7. The maximum absolute atomic E-state index is 12.3. The van der Waals surface area contributed by atoms with Crippen LogP contribution in [0.1, 0.15) is 47.9 Å². The minimum atomic E-state index is -0.154. The van der Waals surface area contributed by atoms with Crippen molar-refractivity contribution in [1.82, 2.24) is 25.4 Å². The molecular formula is C16H21N5O. The summed E-state index contributed by atoms with van der Waals surface area (Å²) in [7, 11) is 0. The normalized spacial score (nSPS) is 19.6. The number of hydrogen-bond acceptors (Lipinski definition) is 4. The molecule has 2 unspecified atom stereocenters. The van der Waals surface area contributed by atoms with Crippen molar-refractivity contribution in [3.8, 4) is 0 Å². The van der Waals surface area contributed by atoms with E-state index in [0.29, 0.717) is 11.7 Å². The lowest BCUT2D eigenvalue weighted by Crippen LogP contribution is -2.32. The van der Waals surface area contributed by atoms with Gasteiger partial charge in [-0.25, -0.2) is 0 Å². The molecule has 0 saturated carbocycles. The molecule has 2 aromatic heterocycles. The minimum Gasteiger partial charge on any atom is -0.344 e. The number of nitrogens with zero attached hydrogens (tertiary/aromatic N) is 3. The number of carbonyl (C=O) groups is 1. The molecule has 2 N–H and O–H groups in total. The minimum absolute atomic E-state index is 0.0947. The van der Waals surface area contributed by atoms with E-state index in [4.69, 9.17) is 0 Å². The molecule has 0 bridgehead atoms. The molecule has 22 heavy (non-hydrogen) atoms. The second kappa shape index (κ2) is 6.70. The Morgan fingerprint density at radius 1 is 1.50 bits per heavy atom. The second-order valence-corrected chi connectivity index (χ2v) is 5.66. The molecule has 2 atom stereocenters. The summed E-state index contributed by atoms with van der Waals surface area (Å²) >= 11 is 0. The summed E-state index contributed by atoms with van der Waals surface area (Å²) in [6.45, 7) is 3.92. The molecular weight excluding hydrogens is 278 g/mol. The lowest BCUT2D eigenvalue weighted by molar-refractivity contribution is 0.0933. The zero-order chi connectivity index (χ0) is 15.4. The first-order chi connectivity index (χ1) is 10.7. The van der Waals surface area contributed by atoms with Gasteiger partial charge in [-0.3, -0.25) is 14.5 Å². The van der Waals surface area contributed by atoms with E-state index in [0.717, 1.165) is 31.5 Å². The Balaban J connectivity index is 1.64. The van der Waals surface area contributed by atoms with Gasteiger partial charge in [-0.2, -0.15) is 5.10 Å². The van der Waals surface area contributed by atoms with Gasteiger partial charge in [0.25, 0.3) is 5.91 Å². The number of rotatable bonds is 4. The van der Waals surface area contributed by atoms with Crippen LogP contribution in [0.25, 0.3) is 0 Å². The summed E-state index contributed by atoms with van der Waals surface area (Å²) in [5.41, 5.74) is 1.44. The monoisotopic (exact) mass is 299 g/mol. The number of pyridine rings is 1. The summed E-state index contributed by atoms with van der Waals surface area (Å²) in [6.07, 6.45) is 7.61. The van der Waals surface area contributed by atoms with Gasteiger partial charge in [0.1, 0.15) is 5.69 Å². The van der Waals surface area contributed by atoms with Crippen molar-refractivity contribution in [1.29, 1.82) is 0 Å². The van der Waals surface area contributed by atoms with E-state index in [1.165, 1.54) is 0 Å². The highest BCUT2D eigenvalue weighted by Gasteiger charge is 2.18. The van der Waals surface area contributed by atoms with Crippen LogP contribution in [0.5, 0.6) is 0 Å². The summed E-state index contributed by atoms with van der Waals surface area (Å²) in [4.78, 5) is 16.4. The first kappa shape index (κ1) is 14.7. The molecule has 0 aromatic carbocycles. The molecule has 1 aliphatic heterocycles. The molecule has 1 aliphatic rings. The van der Waals surface area contributed by atoms with Crippen molar-refractivity contribution in [2.24, 2.45) is 0 Å². The van der Waals surface area contributed by atoms with Gasteiger partial charge in [0.2, 0.25) is 0 Å². The maximum atomic E-state index is 12.3. The topological polar surface area (TPSA) is 71.8 Å². The standard InChI is InChI=1S/C16H21N5O/c1-12(13-4-2-7-17-10-13)19-16(22)15-6-9-21(20-15)14-5-3-8-18-11-14/h2,4,6-7,9-10,12,14,18H,3,5,8,11H2,1H3,(H,19,22). The fourth-order valence-electron chi connectivity index (χ4n) is 2.71. The smallest absolute Gasteiger partial charge is 0.272 e. The van der Waals surface area contributed by atoms with E-state index in [1.807, 2.05) is 29.9 Å². The molecule has 1 amide bonds. The summed E-state index contributed by atoms with van der Waals surface area (Å²) in [5, 5.41) is 10.7. The number of aromatic nitrogens is 3. The zero-order valence-corrected chi connectivity index (χ0v) is 12.7. The molecule has 0 radical (unpaired) electrons. The Bertz CT molecular complexity index is 618. The van der Waals surface area contributed by atoms with Gasteiger partial charge >= 0.3 is 0 Å². The Kier molecular flexibility index (Phi) is 4.48. The van der Waals surface area contributed by atoms with Crippen molar-refractivity contribution < 1.29 is 4.79 Å². The average Bonchev–Trinajstić information content (AvgIpc) is 3.06. The molecule has 0 spiro atoms. The Labute approximate surface area is 129 Å². The molecule has 3 heterocycles. The number of piperidine rings is 1. The van der Waals surface area contributed by atoms with E-state index < -0.39 is 0 Å². The Hall–Kier alpha value is -2.21. The number of amides is 1. The molecule has 1 fully saturated rings. The van der Waals surface area contributed by atoms with Crippen LogP contribution in [0.15, 0.2) is 36.8 Å². The van der Waals surface area contributed by atoms with Crippen molar-refractivity contribution in [2.75, 3.05) is 13.1 Å². The Morgan fingerprint density at radius 3 is 3.14 bits per heavy atom. The second-order valence-electron chi connectivity index (χ2n) is 5.66. The van der Waals surface area contributed by atoms with Crippen LogP contribution >= 0.6 is 0 Å². The van der Waals surface area contributed by atoms with E-state index in [1.54, 1.807) is 18.5 Å². The lowest BCUT2D eigenvalue weighted by atomic mass is 10.1. The van der Waals surface area contributed by atoms with E-state index >= 15 is 0 Å². The van der Waals surface area contributed by atoms with Crippen LogP contribution in [0.2, 0.25) is 0 Å². The van der Waals surface area contributed by atoms with Crippen molar-refractivity contribution in [3.05, 3.63) is 48.0 Å². The van der Waals surface area contributed by atoms with Gasteiger partial charge in [0, 0.05) is 25.1 Å². The molecule has 2 aromatic rings. The SMILES string of the molecule is CC(NC(=O)c1ccn(C2CCCNC2)n1)c1cccnc1. The third kappa shape index (κ3) is 3.33. The quantitative estimate of drug-likeness (QED) is 0.901. The van der Waals surface area contributed by atoms with Crippen LogP contribution in [0, 0.1) is 0 Å². The van der Waals surface area contributed by atoms with Crippen LogP contribution in [0.3, 0.4) is 0 Å². The largest absolute Gasteiger partial charge is 0.344 e. The predicted octanol–water partition coefficient (Wildman–Crippen LogP) is 1.69. The van der Waals surface area contributed by atoms with Gasteiger partial charge in [-0.1, -0.05) is 6.07 Å². The fourth-order valence-corrected chi connectivity index (χ4v) is 2.71. The first-order valence-electron chi connectivity index (χ1n) is 7.70. The summed E-state index contributed by atoms with van der Waals surface area (Å²) < 4.78 is 1.90. The highest BCUT2D eigenvalue weighted by atomic mass is 16.2. The molecule has 1 saturated heterocycles. The van der Waals surface area contributed by atoms with E-state index in [-0.39, 0.29) is 11.9 Å². The predicted molar refractivity (Wildman–Crippen MR) is 83.5 cm³/mol. The highest BCUT2D eigenvalue weighted by molar-refractivity contribution is 5.92. The molecule has 6 nitrogen and oxygen atoms in total. The van der Waals surface area contributed by atoms with Crippen LogP contribution < -0.4 is 10.6 Å². The number of carbonyl (C=O) groups excluding carboxylic acids is 1. The third-order valence-electron chi connectivity index (χ3n) is 4.02. The Morgan fingerprint density at radius 2 is 2.41 bits per heavy atom. The van der Waals surface area contributed by atoms with Crippen molar-refractivity contribution in [3.63, 3.8) is 0 Å². The van der Waals surface area contributed by atoms with E-state index in [9.17, 15) is 4.79 Å². The van der Waals surface area contributed by atoms with Gasteiger partial charge in [0.05, 0.1) is 12.1 Å². The van der Waals surface area contributed by atoms with Gasteiger partial charge in [-0.15, -0.1) is 0 Å². The fraction of sp³-hybridized carbons (Fsp3) is 0.438. The number of hydrogen-bond donors (Lipinski definition) is 2. The molecule has 116 valence electrons. The summed E-state index contributed by atoms with van der Waals surface area (Å²) in [6, 6.07) is 5.83. The highest BCUT2D eigenvalue weighted by Crippen LogP contribution is 2.16.